The molecule has 1 aromatic heterocycles. The lowest BCUT2D eigenvalue weighted by atomic mass is 10.1. The van der Waals surface area contributed by atoms with Gasteiger partial charge < -0.3 is 15.0 Å². The first-order chi connectivity index (χ1) is 13.9. The van der Waals surface area contributed by atoms with Crippen LogP contribution in [0.1, 0.15) is 48.4 Å². The number of rotatable bonds is 9. The lowest BCUT2D eigenvalue weighted by molar-refractivity contribution is 0.0638. The van der Waals surface area contributed by atoms with Crippen LogP contribution in [0.2, 0.25) is 0 Å². The Kier molecular flexibility index (Phi) is 6.79. The molecular weight excluding hydrogens is 390 g/mol. The molecule has 3 rings (SSSR count). The second-order valence-corrected chi connectivity index (χ2v) is 8.05. The van der Waals surface area contributed by atoms with Crippen LogP contribution in [0.15, 0.2) is 35.7 Å². The SMILES string of the molecule is COCCCN1C(=O)c2ccc(C(=O)NCC(c3cccs3)N(C)C)cc2C1=O. The van der Waals surface area contributed by atoms with Crippen molar-refractivity contribution < 1.29 is 19.1 Å². The number of imide groups is 1. The fourth-order valence-corrected chi connectivity index (χ4v) is 4.23. The molecule has 0 saturated heterocycles. The fourth-order valence-electron chi connectivity index (χ4n) is 3.31. The quantitative estimate of drug-likeness (QED) is 0.503. The van der Waals surface area contributed by atoms with E-state index in [0.29, 0.717) is 37.2 Å². The summed E-state index contributed by atoms with van der Waals surface area (Å²) in [7, 11) is 5.51. The predicted octanol–water partition coefficient (Wildman–Crippen LogP) is 2.41. The zero-order valence-corrected chi connectivity index (χ0v) is 17.6. The zero-order valence-electron chi connectivity index (χ0n) is 16.8. The van der Waals surface area contributed by atoms with Crippen molar-refractivity contribution in [2.24, 2.45) is 0 Å². The van der Waals surface area contributed by atoms with Gasteiger partial charge in [-0.1, -0.05) is 6.07 Å². The summed E-state index contributed by atoms with van der Waals surface area (Å²) >= 11 is 1.64. The Balaban J connectivity index is 1.69. The van der Waals surface area contributed by atoms with E-state index in [-0.39, 0.29) is 29.3 Å². The maximum absolute atomic E-state index is 12.7. The number of ether oxygens (including phenoxy) is 1. The predicted molar refractivity (Wildman–Crippen MR) is 111 cm³/mol. The van der Waals surface area contributed by atoms with Crippen LogP contribution in [-0.4, -0.2) is 68.4 Å². The van der Waals surface area contributed by atoms with Crippen LogP contribution in [0.5, 0.6) is 0 Å². The summed E-state index contributed by atoms with van der Waals surface area (Å²) in [5.41, 5.74) is 0.989. The minimum Gasteiger partial charge on any atom is -0.385 e. The molecule has 1 aliphatic rings. The van der Waals surface area contributed by atoms with Crippen LogP contribution < -0.4 is 5.32 Å². The highest BCUT2D eigenvalue weighted by Crippen LogP contribution is 2.25. The largest absolute Gasteiger partial charge is 0.385 e. The highest BCUT2D eigenvalue weighted by atomic mass is 32.1. The van der Waals surface area contributed by atoms with E-state index in [1.54, 1.807) is 30.6 Å². The molecule has 2 aromatic rings. The minimum absolute atomic E-state index is 0.0628. The van der Waals surface area contributed by atoms with Crippen LogP contribution in [0, 0.1) is 0 Å². The van der Waals surface area contributed by atoms with Gasteiger partial charge in [-0.25, -0.2) is 0 Å². The van der Waals surface area contributed by atoms with Gasteiger partial charge in [0, 0.05) is 37.2 Å². The molecule has 0 fully saturated rings. The summed E-state index contributed by atoms with van der Waals surface area (Å²) < 4.78 is 4.98. The van der Waals surface area contributed by atoms with E-state index in [1.165, 1.54) is 11.0 Å². The van der Waals surface area contributed by atoms with Gasteiger partial charge in [0.05, 0.1) is 17.2 Å². The number of benzene rings is 1. The third-order valence-corrected chi connectivity index (χ3v) is 5.89. The van der Waals surface area contributed by atoms with E-state index < -0.39 is 0 Å². The van der Waals surface area contributed by atoms with Crippen molar-refractivity contribution in [2.75, 3.05) is 40.9 Å². The standard InChI is InChI=1S/C21H25N3O4S/c1-23(2)17(18-6-4-11-29-18)13-22-19(25)14-7-8-15-16(12-14)21(27)24(20(15)26)9-5-10-28-3/h4,6-8,11-12,17H,5,9-10,13H2,1-3H3,(H,22,25). The molecule has 8 heteroatoms. The van der Waals surface area contributed by atoms with Crippen molar-refractivity contribution in [3.63, 3.8) is 0 Å². The van der Waals surface area contributed by atoms with Crippen molar-refractivity contribution in [3.8, 4) is 0 Å². The average molecular weight is 416 g/mol. The van der Waals surface area contributed by atoms with Gasteiger partial charge in [-0.2, -0.15) is 0 Å². The summed E-state index contributed by atoms with van der Waals surface area (Å²) in [6, 6.07) is 8.75. The molecule has 1 N–H and O–H groups in total. The van der Waals surface area contributed by atoms with Gasteiger partial charge in [0.25, 0.3) is 17.7 Å². The fraction of sp³-hybridized carbons (Fsp3) is 0.381. The van der Waals surface area contributed by atoms with Crippen LogP contribution in [0.3, 0.4) is 0 Å². The zero-order chi connectivity index (χ0) is 21.0. The van der Waals surface area contributed by atoms with Gasteiger partial charge in [0.2, 0.25) is 0 Å². The van der Waals surface area contributed by atoms with E-state index in [4.69, 9.17) is 4.74 Å². The van der Waals surface area contributed by atoms with Gasteiger partial charge in [-0.05, 0) is 50.2 Å². The number of fused-ring (bicyclic) bond motifs is 1. The van der Waals surface area contributed by atoms with Crippen molar-refractivity contribution in [3.05, 3.63) is 57.3 Å². The molecule has 1 aliphatic heterocycles. The van der Waals surface area contributed by atoms with Gasteiger partial charge in [0.15, 0.2) is 0 Å². The molecule has 0 bridgehead atoms. The van der Waals surface area contributed by atoms with E-state index in [9.17, 15) is 14.4 Å². The summed E-state index contributed by atoms with van der Waals surface area (Å²) in [6.45, 7) is 1.21. The Labute approximate surface area is 174 Å². The Hall–Kier alpha value is -2.55. The monoisotopic (exact) mass is 415 g/mol. The Bertz CT molecular complexity index is 895. The highest BCUT2D eigenvalue weighted by Gasteiger charge is 2.35. The number of hydrogen-bond donors (Lipinski definition) is 1. The molecule has 154 valence electrons. The van der Waals surface area contributed by atoms with Crippen molar-refractivity contribution >= 4 is 29.1 Å². The third kappa shape index (κ3) is 4.55. The molecule has 0 radical (unpaired) electrons. The number of nitrogens with zero attached hydrogens (tertiary/aromatic N) is 2. The highest BCUT2D eigenvalue weighted by molar-refractivity contribution is 7.10. The molecule has 0 spiro atoms. The topological polar surface area (TPSA) is 79.0 Å². The van der Waals surface area contributed by atoms with E-state index in [2.05, 4.69) is 10.2 Å². The molecule has 3 amide bonds. The van der Waals surface area contributed by atoms with Crippen molar-refractivity contribution in [1.82, 2.24) is 15.1 Å². The van der Waals surface area contributed by atoms with Gasteiger partial charge in [-0.3, -0.25) is 19.3 Å². The number of amides is 3. The van der Waals surface area contributed by atoms with Crippen LogP contribution in [0.25, 0.3) is 0 Å². The van der Waals surface area contributed by atoms with Gasteiger partial charge in [0.1, 0.15) is 0 Å². The number of methoxy groups -OCH3 is 1. The normalized spacial score (nSPS) is 14.4. The summed E-state index contributed by atoms with van der Waals surface area (Å²) in [5.74, 6) is -0.951. The van der Waals surface area contributed by atoms with Crippen molar-refractivity contribution in [1.29, 1.82) is 0 Å². The maximum atomic E-state index is 12.7. The van der Waals surface area contributed by atoms with E-state index in [1.807, 2.05) is 31.6 Å². The molecular formula is C21H25N3O4S. The first-order valence-electron chi connectivity index (χ1n) is 9.41. The van der Waals surface area contributed by atoms with Crippen molar-refractivity contribution in [2.45, 2.75) is 12.5 Å². The lowest BCUT2D eigenvalue weighted by Gasteiger charge is -2.23. The summed E-state index contributed by atoms with van der Waals surface area (Å²) in [4.78, 5) is 42.2. The molecule has 2 heterocycles. The minimum atomic E-state index is -0.361. The number of hydrogen-bond acceptors (Lipinski definition) is 6. The molecule has 1 aromatic carbocycles. The molecule has 0 saturated carbocycles. The van der Waals surface area contributed by atoms with Crippen LogP contribution >= 0.6 is 11.3 Å². The van der Waals surface area contributed by atoms with Crippen LogP contribution in [0.4, 0.5) is 0 Å². The smallest absolute Gasteiger partial charge is 0.261 e. The second kappa shape index (κ2) is 9.30. The third-order valence-electron chi connectivity index (χ3n) is 4.91. The molecule has 1 atom stereocenters. The average Bonchev–Trinajstić information content (AvgIpc) is 3.31. The van der Waals surface area contributed by atoms with Gasteiger partial charge in [-0.15, -0.1) is 11.3 Å². The first-order valence-corrected chi connectivity index (χ1v) is 10.3. The van der Waals surface area contributed by atoms with E-state index >= 15 is 0 Å². The summed E-state index contributed by atoms with van der Waals surface area (Å²) in [6.07, 6.45) is 0.573. The number of thiophene rings is 1. The second-order valence-electron chi connectivity index (χ2n) is 7.07. The van der Waals surface area contributed by atoms with Gasteiger partial charge >= 0.3 is 0 Å². The summed E-state index contributed by atoms with van der Waals surface area (Å²) in [5, 5.41) is 4.95. The van der Waals surface area contributed by atoms with Crippen LogP contribution in [-0.2, 0) is 4.74 Å². The Morgan fingerprint density at radius 3 is 2.62 bits per heavy atom. The molecule has 0 aliphatic carbocycles. The lowest BCUT2D eigenvalue weighted by Crippen LogP contribution is -2.34. The first kappa shape index (κ1) is 21.2. The number of carbonyl (C=O) groups is 3. The molecule has 1 unspecified atom stereocenters. The Morgan fingerprint density at radius 2 is 1.97 bits per heavy atom. The molecule has 29 heavy (non-hydrogen) atoms. The number of likely N-dealkylation sites (N-methyl/N-ethyl adjacent to an activating group) is 1. The number of nitrogens with one attached hydrogen (secondary N) is 1. The Morgan fingerprint density at radius 1 is 1.21 bits per heavy atom. The van der Waals surface area contributed by atoms with E-state index in [0.717, 1.165) is 4.88 Å². The maximum Gasteiger partial charge on any atom is 0.261 e. The number of carbonyl (C=O) groups excluding carboxylic acids is 3. The molecule has 7 nitrogen and oxygen atoms in total.